The molecule has 6 nitrogen and oxygen atoms in total. The molecule has 0 aromatic carbocycles. The van der Waals surface area contributed by atoms with Crippen molar-refractivity contribution in [3.05, 3.63) is 29.6 Å². The molecule has 2 heterocycles. The smallest absolute Gasteiger partial charge is 0.354 e. The van der Waals surface area contributed by atoms with Crippen LogP contribution in [-0.4, -0.2) is 34.6 Å². The largest absolute Gasteiger partial charge is 0.477 e. The van der Waals surface area contributed by atoms with Crippen LogP contribution in [0.4, 0.5) is 0 Å². The van der Waals surface area contributed by atoms with E-state index in [4.69, 9.17) is 5.11 Å². The fourth-order valence-corrected chi connectivity index (χ4v) is 2.08. The summed E-state index contributed by atoms with van der Waals surface area (Å²) >= 11 is 0. The highest BCUT2D eigenvalue weighted by Gasteiger charge is 2.17. The van der Waals surface area contributed by atoms with Crippen molar-refractivity contribution < 1.29 is 14.7 Å². The van der Waals surface area contributed by atoms with Gasteiger partial charge in [-0.1, -0.05) is 6.07 Å². The lowest BCUT2D eigenvalue weighted by molar-refractivity contribution is -0.121. The molecular formula is C13H17N3O3. The van der Waals surface area contributed by atoms with Gasteiger partial charge < -0.3 is 15.7 Å². The Bertz CT molecular complexity index is 453. The van der Waals surface area contributed by atoms with E-state index in [-0.39, 0.29) is 17.6 Å². The molecule has 1 aromatic rings. The Labute approximate surface area is 111 Å². The monoisotopic (exact) mass is 263 g/mol. The summed E-state index contributed by atoms with van der Waals surface area (Å²) in [6.45, 7) is 1.36. The SMILES string of the molecule is O=C(CC1CCCN1)NCc1ccc(C(=O)O)nc1. The first kappa shape index (κ1) is 13.5. The van der Waals surface area contributed by atoms with E-state index in [0.29, 0.717) is 13.0 Å². The molecule has 102 valence electrons. The molecule has 1 aliphatic heterocycles. The molecule has 1 aromatic heterocycles. The van der Waals surface area contributed by atoms with E-state index in [0.717, 1.165) is 24.9 Å². The summed E-state index contributed by atoms with van der Waals surface area (Å²) in [7, 11) is 0. The zero-order valence-electron chi connectivity index (χ0n) is 10.6. The van der Waals surface area contributed by atoms with Crippen LogP contribution >= 0.6 is 0 Å². The predicted octanol–water partition coefficient (Wildman–Crippen LogP) is 0.538. The van der Waals surface area contributed by atoms with Gasteiger partial charge in [0.2, 0.25) is 5.91 Å². The number of hydrogen-bond donors (Lipinski definition) is 3. The summed E-state index contributed by atoms with van der Waals surface area (Å²) in [4.78, 5) is 26.1. The Kier molecular flexibility index (Phi) is 4.46. The summed E-state index contributed by atoms with van der Waals surface area (Å²) in [5.74, 6) is -1.05. The number of carboxylic acids is 1. The lowest BCUT2D eigenvalue weighted by atomic mass is 10.1. The van der Waals surface area contributed by atoms with Crippen LogP contribution in [-0.2, 0) is 11.3 Å². The zero-order chi connectivity index (χ0) is 13.7. The zero-order valence-corrected chi connectivity index (χ0v) is 10.6. The third-order valence-corrected chi connectivity index (χ3v) is 3.13. The summed E-state index contributed by atoms with van der Waals surface area (Å²) in [5.41, 5.74) is 0.794. The Hall–Kier alpha value is -1.95. The summed E-state index contributed by atoms with van der Waals surface area (Å²) < 4.78 is 0. The van der Waals surface area contributed by atoms with Crippen LogP contribution in [0.15, 0.2) is 18.3 Å². The Morgan fingerprint density at radius 3 is 2.89 bits per heavy atom. The van der Waals surface area contributed by atoms with Gasteiger partial charge in [-0.2, -0.15) is 0 Å². The van der Waals surface area contributed by atoms with Crippen molar-refractivity contribution in [1.29, 1.82) is 0 Å². The number of nitrogens with one attached hydrogen (secondary N) is 2. The number of hydrogen-bond acceptors (Lipinski definition) is 4. The second-order valence-corrected chi connectivity index (χ2v) is 4.63. The van der Waals surface area contributed by atoms with Gasteiger partial charge in [0.15, 0.2) is 0 Å². The summed E-state index contributed by atoms with van der Waals surface area (Å²) in [6, 6.07) is 3.37. The molecule has 1 unspecified atom stereocenters. The van der Waals surface area contributed by atoms with Gasteiger partial charge >= 0.3 is 5.97 Å². The normalized spacial score (nSPS) is 18.2. The van der Waals surface area contributed by atoms with E-state index < -0.39 is 5.97 Å². The molecule has 0 spiro atoms. The molecule has 0 aliphatic carbocycles. The first-order valence-corrected chi connectivity index (χ1v) is 6.33. The van der Waals surface area contributed by atoms with Crippen LogP contribution in [0.25, 0.3) is 0 Å². The lowest BCUT2D eigenvalue weighted by Crippen LogP contribution is -2.31. The van der Waals surface area contributed by atoms with Crippen molar-refractivity contribution in [2.24, 2.45) is 0 Å². The molecular weight excluding hydrogens is 246 g/mol. The Morgan fingerprint density at radius 2 is 2.32 bits per heavy atom. The second kappa shape index (κ2) is 6.29. The number of pyridine rings is 1. The lowest BCUT2D eigenvalue weighted by Gasteiger charge is -2.10. The molecule has 1 saturated heterocycles. The van der Waals surface area contributed by atoms with Crippen molar-refractivity contribution in [3.63, 3.8) is 0 Å². The maximum absolute atomic E-state index is 11.7. The third kappa shape index (κ3) is 4.03. The van der Waals surface area contributed by atoms with Crippen molar-refractivity contribution >= 4 is 11.9 Å². The predicted molar refractivity (Wildman–Crippen MR) is 68.7 cm³/mol. The van der Waals surface area contributed by atoms with Crippen molar-refractivity contribution in [2.45, 2.75) is 31.8 Å². The highest BCUT2D eigenvalue weighted by atomic mass is 16.4. The third-order valence-electron chi connectivity index (χ3n) is 3.13. The van der Waals surface area contributed by atoms with Gasteiger partial charge in [-0.25, -0.2) is 9.78 Å². The minimum Gasteiger partial charge on any atom is -0.477 e. The van der Waals surface area contributed by atoms with Gasteiger partial charge in [0.25, 0.3) is 0 Å². The van der Waals surface area contributed by atoms with E-state index in [1.54, 1.807) is 6.07 Å². The van der Waals surface area contributed by atoms with Crippen molar-refractivity contribution in [1.82, 2.24) is 15.6 Å². The number of carbonyl (C=O) groups is 2. The van der Waals surface area contributed by atoms with E-state index in [1.807, 2.05) is 0 Å². The molecule has 19 heavy (non-hydrogen) atoms. The average molecular weight is 263 g/mol. The quantitative estimate of drug-likeness (QED) is 0.721. The number of carboxylic acid groups (broad SMARTS) is 1. The van der Waals surface area contributed by atoms with Crippen LogP contribution in [0.3, 0.4) is 0 Å². The number of rotatable bonds is 5. The van der Waals surface area contributed by atoms with E-state index in [9.17, 15) is 9.59 Å². The standard InChI is InChI=1S/C13H17N3O3/c17-12(6-10-2-1-5-14-10)16-8-9-3-4-11(13(18)19)15-7-9/h3-4,7,10,14H,1-2,5-6,8H2,(H,16,17)(H,18,19). The maximum atomic E-state index is 11.7. The van der Waals surface area contributed by atoms with Gasteiger partial charge in [-0.3, -0.25) is 4.79 Å². The summed E-state index contributed by atoms with van der Waals surface area (Å²) in [5, 5.41) is 14.8. The van der Waals surface area contributed by atoms with Gasteiger partial charge in [-0.05, 0) is 31.0 Å². The second-order valence-electron chi connectivity index (χ2n) is 4.63. The highest BCUT2D eigenvalue weighted by Crippen LogP contribution is 2.08. The number of amides is 1. The van der Waals surface area contributed by atoms with E-state index in [1.165, 1.54) is 12.3 Å². The number of aromatic nitrogens is 1. The molecule has 1 fully saturated rings. The number of aromatic carboxylic acids is 1. The number of nitrogens with zero attached hydrogens (tertiary/aromatic N) is 1. The van der Waals surface area contributed by atoms with Crippen LogP contribution in [0.1, 0.15) is 35.3 Å². The van der Waals surface area contributed by atoms with Gasteiger partial charge in [0.05, 0.1) is 0 Å². The Balaban J connectivity index is 1.77. The highest BCUT2D eigenvalue weighted by molar-refractivity contribution is 5.85. The van der Waals surface area contributed by atoms with Crippen LogP contribution < -0.4 is 10.6 Å². The molecule has 2 rings (SSSR count). The Morgan fingerprint density at radius 1 is 1.47 bits per heavy atom. The summed E-state index contributed by atoms with van der Waals surface area (Å²) in [6.07, 6.45) is 4.12. The fraction of sp³-hybridized carbons (Fsp3) is 0.462. The topological polar surface area (TPSA) is 91.3 Å². The van der Waals surface area contributed by atoms with E-state index >= 15 is 0 Å². The minimum absolute atomic E-state index is 0.00158. The van der Waals surface area contributed by atoms with Gasteiger partial charge in [-0.15, -0.1) is 0 Å². The van der Waals surface area contributed by atoms with Crippen LogP contribution in [0.5, 0.6) is 0 Å². The first-order valence-electron chi connectivity index (χ1n) is 6.33. The number of carbonyl (C=O) groups excluding carboxylic acids is 1. The van der Waals surface area contributed by atoms with E-state index in [2.05, 4.69) is 15.6 Å². The average Bonchev–Trinajstić information content (AvgIpc) is 2.89. The maximum Gasteiger partial charge on any atom is 0.354 e. The molecule has 6 heteroatoms. The molecule has 1 aliphatic rings. The van der Waals surface area contributed by atoms with Gasteiger partial charge in [0.1, 0.15) is 5.69 Å². The molecule has 0 radical (unpaired) electrons. The minimum atomic E-state index is -1.05. The van der Waals surface area contributed by atoms with Gasteiger partial charge in [0, 0.05) is 25.2 Å². The molecule has 3 N–H and O–H groups in total. The van der Waals surface area contributed by atoms with Crippen LogP contribution in [0, 0.1) is 0 Å². The van der Waals surface area contributed by atoms with Crippen molar-refractivity contribution in [3.8, 4) is 0 Å². The fourth-order valence-electron chi connectivity index (χ4n) is 2.08. The first-order chi connectivity index (χ1) is 9.15. The molecule has 0 saturated carbocycles. The molecule has 1 atom stereocenters. The molecule has 1 amide bonds. The van der Waals surface area contributed by atoms with Crippen LogP contribution in [0.2, 0.25) is 0 Å². The molecule has 0 bridgehead atoms. The van der Waals surface area contributed by atoms with Crippen molar-refractivity contribution in [2.75, 3.05) is 6.54 Å².